The highest BCUT2D eigenvalue weighted by Crippen LogP contribution is 2.14. The lowest BCUT2D eigenvalue weighted by Crippen LogP contribution is -2.57. The number of primary amides is 1. The second-order valence-electron chi connectivity index (χ2n) is 18.8. The molecule has 0 fully saturated rings. The maximum Gasteiger partial charge on any atom is 0.407 e. The van der Waals surface area contributed by atoms with Crippen LogP contribution in [0.1, 0.15) is 135 Å². The van der Waals surface area contributed by atoms with Gasteiger partial charge in [0.2, 0.25) is 35.4 Å². The Kier molecular flexibility index (Phi) is 23.7. The van der Waals surface area contributed by atoms with Gasteiger partial charge in [-0.15, -0.1) is 0 Å². The minimum absolute atomic E-state index is 0.201. The Morgan fingerprint density at radius 3 is 1.60 bits per heavy atom. The lowest BCUT2D eigenvalue weighted by atomic mass is 10.1. The van der Waals surface area contributed by atoms with Crippen molar-refractivity contribution in [2.75, 3.05) is 19.7 Å². The van der Waals surface area contributed by atoms with E-state index in [-0.39, 0.29) is 45.3 Å². The largest absolute Gasteiger partial charge is 0.460 e. The first kappa shape index (κ1) is 56.9. The van der Waals surface area contributed by atoms with Crippen LogP contribution in [0.3, 0.4) is 0 Å². The van der Waals surface area contributed by atoms with Gasteiger partial charge in [0.15, 0.2) is 6.04 Å². The van der Waals surface area contributed by atoms with Gasteiger partial charge in [-0.25, -0.2) is 9.59 Å². The summed E-state index contributed by atoms with van der Waals surface area (Å²) in [5.41, 5.74) is 8.23. The topological polar surface area (TPSA) is 315 Å². The second-order valence-corrected chi connectivity index (χ2v) is 18.8. The molecule has 0 rings (SSSR count). The SMILES string of the molecule is C[C@H](NC(=O)[C@H](CCC(N)=O)NC(=O)[C@@H](N)CCCCNC(=O)OC(C)(C)C)C(=O)NCC(=O)N[C@@H](CCC(=O)OC(C)(C)C)C(=O)N[C@@H](COC(C)(C)C)C(=O)OC(C)(C)C. The van der Waals surface area contributed by atoms with Crippen LogP contribution in [-0.4, -0.2) is 126 Å². The van der Waals surface area contributed by atoms with Crippen LogP contribution in [0.5, 0.6) is 0 Å². The average Bonchev–Trinajstić information content (AvgIpc) is 3.08. The summed E-state index contributed by atoms with van der Waals surface area (Å²) >= 11 is 0. The molecule has 7 amide bonds. The number of nitrogens with one attached hydrogen (secondary N) is 6. The molecule has 0 aliphatic carbocycles. The van der Waals surface area contributed by atoms with E-state index >= 15 is 0 Å². The van der Waals surface area contributed by atoms with Crippen molar-refractivity contribution in [1.82, 2.24) is 31.9 Å². The minimum atomic E-state index is -1.39. The van der Waals surface area contributed by atoms with Gasteiger partial charge in [-0.05, 0) is 122 Å². The fourth-order valence-electron chi connectivity index (χ4n) is 4.98. The molecule has 0 radical (unpaired) electrons. The number of ether oxygens (including phenoxy) is 4. The third kappa shape index (κ3) is 28.5. The fourth-order valence-corrected chi connectivity index (χ4v) is 4.98. The molecule has 5 atom stereocenters. The van der Waals surface area contributed by atoms with Crippen LogP contribution in [-0.2, 0) is 57.3 Å². The number of rotatable bonds is 24. The Morgan fingerprint density at radius 2 is 1.06 bits per heavy atom. The highest BCUT2D eigenvalue weighted by atomic mass is 16.6. The van der Waals surface area contributed by atoms with E-state index in [0.29, 0.717) is 12.8 Å². The maximum atomic E-state index is 13.6. The summed E-state index contributed by atoms with van der Waals surface area (Å²) in [4.78, 5) is 115. The van der Waals surface area contributed by atoms with Crippen molar-refractivity contribution in [3.63, 3.8) is 0 Å². The minimum Gasteiger partial charge on any atom is -0.460 e. The summed E-state index contributed by atoms with van der Waals surface area (Å²) in [7, 11) is 0. The molecule has 0 aromatic rings. The van der Waals surface area contributed by atoms with Gasteiger partial charge in [0.25, 0.3) is 0 Å². The van der Waals surface area contributed by atoms with Crippen LogP contribution in [0.15, 0.2) is 0 Å². The smallest absolute Gasteiger partial charge is 0.407 e. The predicted molar refractivity (Wildman–Crippen MR) is 228 cm³/mol. The molecule has 0 unspecified atom stereocenters. The van der Waals surface area contributed by atoms with Gasteiger partial charge < -0.3 is 62.3 Å². The van der Waals surface area contributed by atoms with Gasteiger partial charge in [-0.1, -0.05) is 0 Å². The number of hydrogen-bond donors (Lipinski definition) is 8. The normalized spacial score (nSPS) is 14.4. The van der Waals surface area contributed by atoms with Crippen LogP contribution < -0.4 is 43.4 Å². The van der Waals surface area contributed by atoms with Crippen LogP contribution in [0, 0.1) is 0 Å². The molecule has 0 saturated carbocycles. The van der Waals surface area contributed by atoms with Gasteiger partial charge in [0.05, 0.1) is 24.8 Å². The molecule has 10 N–H and O–H groups in total. The first-order valence-corrected chi connectivity index (χ1v) is 20.8. The second kappa shape index (κ2) is 25.8. The van der Waals surface area contributed by atoms with Crippen molar-refractivity contribution in [2.45, 2.75) is 188 Å². The van der Waals surface area contributed by atoms with E-state index in [0.717, 1.165) is 0 Å². The van der Waals surface area contributed by atoms with E-state index in [1.807, 2.05) is 0 Å². The third-order valence-corrected chi connectivity index (χ3v) is 7.83. The molecule has 0 aromatic heterocycles. The maximum absolute atomic E-state index is 13.6. The molecule has 0 aliphatic rings. The quantitative estimate of drug-likeness (QED) is 0.0375. The van der Waals surface area contributed by atoms with E-state index in [1.165, 1.54) is 6.92 Å². The zero-order valence-corrected chi connectivity index (χ0v) is 38.9. The van der Waals surface area contributed by atoms with Crippen molar-refractivity contribution >= 4 is 53.5 Å². The molecule has 21 heteroatoms. The Morgan fingerprint density at radius 1 is 0.548 bits per heavy atom. The molecule has 62 heavy (non-hydrogen) atoms. The molecule has 356 valence electrons. The summed E-state index contributed by atoms with van der Waals surface area (Å²) in [5.74, 6) is -6.27. The molecule has 0 aliphatic heterocycles. The van der Waals surface area contributed by atoms with Crippen molar-refractivity contribution in [3.05, 3.63) is 0 Å². The van der Waals surface area contributed by atoms with Gasteiger partial charge in [0, 0.05) is 19.4 Å². The molecule has 0 aromatic carbocycles. The first-order chi connectivity index (χ1) is 28.2. The van der Waals surface area contributed by atoms with Crippen molar-refractivity contribution in [3.8, 4) is 0 Å². The number of unbranched alkanes of at least 4 members (excludes halogenated alkanes) is 1. The Labute approximate surface area is 365 Å². The Balaban J connectivity index is 5.67. The zero-order chi connectivity index (χ0) is 48.2. The third-order valence-electron chi connectivity index (χ3n) is 7.83. The number of esters is 2. The number of alkyl carbamates (subject to hydrolysis) is 1. The van der Waals surface area contributed by atoms with Crippen LogP contribution in [0.25, 0.3) is 0 Å². The van der Waals surface area contributed by atoms with E-state index in [4.69, 9.17) is 30.4 Å². The molecular formula is C41H74N8O13. The van der Waals surface area contributed by atoms with E-state index in [1.54, 1.807) is 83.1 Å². The van der Waals surface area contributed by atoms with Crippen LogP contribution >= 0.6 is 0 Å². The summed E-state index contributed by atoms with van der Waals surface area (Å²) in [5, 5.41) is 14.9. The molecule has 0 bridgehead atoms. The van der Waals surface area contributed by atoms with Crippen molar-refractivity contribution in [2.24, 2.45) is 11.5 Å². The number of amides is 7. The van der Waals surface area contributed by atoms with Gasteiger partial charge in [0.1, 0.15) is 34.9 Å². The highest BCUT2D eigenvalue weighted by molar-refractivity contribution is 5.95. The molecule has 21 nitrogen and oxygen atoms in total. The monoisotopic (exact) mass is 887 g/mol. The number of hydrogen-bond acceptors (Lipinski definition) is 14. The first-order valence-electron chi connectivity index (χ1n) is 20.8. The standard InChI is InChI=1S/C41H74N8O13/c1-24(46-34(55)27(17-19-29(43)50)48-33(54)25(42)16-14-15-21-44-37(58)62-41(11,12)13)32(53)45-22-30(51)47-26(18-20-31(52)60-39(5,6)7)35(56)49-28(23-59-38(2,3)4)36(57)61-40(8,9)10/h24-28H,14-23,42H2,1-13H3,(H2,43,50)(H,44,58)(H,45,53)(H,46,55)(H,47,51)(H,48,54)(H,49,56)/t24-,25-,26-,27-,28-/m0/s1. The molecule has 0 heterocycles. The van der Waals surface area contributed by atoms with Gasteiger partial charge in [-0.3, -0.25) is 33.6 Å². The van der Waals surface area contributed by atoms with Gasteiger partial charge >= 0.3 is 18.0 Å². The lowest BCUT2D eigenvalue weighted by molar-refractivity contribution is -0.162. The highest BCUT2D eigenvalue weighted by Gasteiger charge is 2.33. The Bertz CT molecular complexity index is 1540. The Hall–Kier alpha value is -5.05. The fraction of sp³-hybridized carbons (Fsp3) is 0.780. The lowest BCUT2D eigenvalue weighted by Gasteiger charge is -2.28. The van der Waals surface area contributed by atoms with E-state index in [9.17, 15) is 43.2 Å². The molecule has 0 saturated heterocycles. The predicted octanol–water partition coefficient (Wildman–Crippen LogP) is 0.628. The number of nitrogens with two attached hydrogens (primary N) is 2. The summed E-state index contributed by atoms with van der Waals surface area (Å²) in [6, 6.07) is -6.31. The van der Waals surface area contributed by atoms with Gasteiger partial charge in [-0.2, -0.15) is 0 Å². The summed E-state index contributed by atoms with van der Waals surface area (Å²) in [6.07, 6.45) is -0.487. The van der Waals surface area contributed by atoms with Crippen molar-refractivity contribution < 1.29 is 62.1 Å². The van der Waals surface area contributed by atoms with E-state index < -0.39 is 113 Å². The van der Waals surface area contributed by atoms with Crippen LogP contribution in [0.4, 0.5) is 4.79 Å². The van der Waals surface area contributed by atoms with E-state index in [2.05, 4.69) is 31.9 Å². The summed E-state index contributed by atoms with van der Waals surface area (Å²) in [6.45, 7) is 21.0. The van der Waals surface area contributed by atoms with Crippen LogP contribution in [0.2, 0.25) is 0 Å². The van der Waals surface area contributed by atoms with Crippen molar-refractivity contribution in [1.29, 1.82) is 0 Å². The number of carbonyl (C=O) groups excluding carboxylic acids is 9. The zero-order valence-electron chi connectivity index (χ0n) is 38.9. The summed E-state index contributed by atoms with van der Waals surface area (Å²) < 4.78 is 21.7. The average molecular weight is 887 g/mol. The number of carbonyl (C=O) groups is 9. The molecular weight excluding hydrogens is 812 g/mol. The molecule has 0 spiro atoms.